The lowest BCUT2D eigenvalue weighted by atomic mass is 10.2. The maximum Gasteiger partial charge on any atom is 0.0555 e. The predicted molar refractivity (Wildman–Crippen MR) is 52.8 cm³/mol. The summed E-state index contributed by atoms with van der Waals surface area (Å²) in [6, 6.07) is 2.23. The second kappa shape index (κ2) is 2.47. The first-order valence-electron chi connectivity index (χ1n) is 4.99. The minimum Gasteiger partial charge on any atom is -0.370 e. The summed E-state index contributed by atoms with van der Waals surface area (Å²) >= 11 is 0. The van der Waals surface area contributed by atoms with Crippen molar-refractivity contribution in [1.29, 1.82) is 0 Å². The van der Waals surface area contributed by atoms with Crippen LogP contribution in [0, 0.1) is 18.8 Å². The monoisotopic (exact) mass is 174 g/mol. The highest BCUT2D eigenvalue weighted by Gasteiger charge is 2.45. The van der Waals surface area contributed by atoms with E-state index in [2.05, 4.69) is 22.9 Å². The molecule has 68 valence electrons. The average molecular weight is 174 g/mol. The van der Waals surface area contributed by atoms with Gasteiger partial charge >= 0.3 is 0 Å². The molecule has 1 aliphatic carbocycles. The third-order valence-electron chi connectivity index (χ3n) is 3.20. The summed E-state index contributed by atoms with van der Waals surface area (Å²) < 4.78 is 0. The molecule has 2 heteroatoms. The number of pyridine rings is 1. The molecule has 2 unspecified atom stereocenters. The Hall–Kier alpha value is -1.05. The molecule has 0 aromatic carbocycles. The van der Waals surface area contributed by atoms with E-state index in [0.717, 1.165) is 11.8 Å². The third kappa shape index (κ3) is 1.21. The molecule has 0 N–H and O–H groups in total. The molecule has 2 aliphatic rings. The van der Waals surface area contributed by atoms with E-state index in [1.165, 1.54) is 30.8 Å². The molecule has 2 fully saturated rings. The van der Waals surface area contributed by atoms with Crippen LogP contribution >= 0.6 is 0 Å². The molecule has 0 bridgehead atoms. The number of anilines is 1. The van der Waals surface area contributed by atoms with E-state index >= 15 is 0 Å². The maximum absolute atomic E-state index is 4.23. The Morgan fingerprint density at radius 3 is 2.77 bits per heavy atom. The van der Waals surface area contributed by atoms with Crippen LogP contribution in [0.2, 0.25) is 0 Å². The minimum absolute atomic E-state index is 1.00. The number of hydrogen-bond acceptors (Lipinski definition) is 2. The van der Waals surface area contributed by atoms with Crippen LogP contribution < -0.4 is 4.90 Å². The molecule has 1 saturated heterocycles. The van der Waals surface area contributed by atoms with Gasteiger partial charge in [-0.25, -0.2) is 0 Å². The van der Waals surface area contributed by atoms with Crippen molar-refractivity contribution in [3.63, 3.8) is 0 Å². The molecular formula is C11H14N2. The molecule has 1 saturated carbocycles. The summed E-state index contributed by atoms with van der Waals surface area (Å²) in [5, 5.41) is 0. The van der Waals surface area contributed by atoms with Crippen molar-refractivity contribution in [2.75, 3.05) is 18.0 Å². The summed E-state index contributed by atoms with van der Waals surface area (Å²) in [7, 11) is 0. The Balaban J connectivity index is 1.84. The van der Waals surface area contributed by atoms with Crippen molar-refractivity contribution in [2.45, 2.75) is 13.3 Å². The first kappa shape index (κ1) is 7.36. The molecule has 13 heavy (non-hydrogen) atoms. The van der Waals surface area contributed by atoms with E-state index in [4.69, 9.17) is 0 Å². The molecule has 0 spiro atoms. The van der Waals surface area contributed by atoms with Crippen LogP contribution in [-0.4, -0.2) is 18.1 Å². The van der Waals surface area contributed by atoms with Crippen LogP contribution in [0.4, 0.5) is 5.69 Å². The number of aryl methyl sites for hydroxylation is 1. The number of fused-ring (bicyclic) bond motifs is 1. The zero-order chi connectivity index (χ0) is 8.84. The maximum atomic E-state index is 4.23. The van der Waals surface area contributed by atoms with E-state index in [0.29, 0.717) is 0 Å². The van der Waals surface area contributed by atoms with Crippen molar-refractivity contribution in [3.8, 4) is 0 Å². The fraction of sp³-hybridized carbons (Fsp3) is 0.545. The number of piperidine rings is 1. The van der Waals surface area contributed by atoms with Gasteiger partial charge in [0.05, 0.1) is 11.9 Å². The minimum atomic E-state index is 1.00. The van der Waals surface area contributed by atoms with Crippen LogP contribution in [0.25, 0.3) is 0 Å². The average Bonchev–Trinajstić information content (AvgIpc) is 2.74. The van der Waals surface area contributed by atoms with E-state index in [9.17, 15) is 0 Å². The third-order valence-corrected chi connectivity index (χ3v) is 3.20. The highest BCUT2D eigenvalue weighted by atomic mass is 15.2. The standard InChI is InChI=1S/C11H14N2/c1-8-2-11(5-12-4-8)13-6-9-3-10(9)7-13/h2,4-5,9-10H,3,6-7H2,1H3. The van der Waals surface area contributed by atoms with Crippen LogP contribution in [0.15, 0.2) is 18.5 Å². The topological polar surface area (TPSA) is 16.1 Å². The normalized spacial score (nSPS) is 30.4. The van der Waals surface area contributed by atoms with E-state index in [1.807, 2.05) is 12.4 Å². The molecule has 1 aliphatic heterocycles. The van der Waals surface area contributed by atoms with Gasteiger partial charge in [0, 0.05) is 19.3 Å². The smallest absolute Gasteiger partial charge is 0.0555 e. The molecule has 1 aromatic rings. The van der Waals surface area contributed by atoms with Crippen LogP contribution in [0.5, 0.6) is 0 Å². The van der Waals surface area contributed by atoms with Gasteiger partial charge in [0.25, 0.3) is 0 Å². The van der Waals surface area contributed by atoms with Crippen molar-refractivity contribution >= 4 is 5.69 Å². The van der Waals surface area contributed by atoms with Crippen LogP contribution in [-0.2, 0) is 0 Å². The summed E-state index contributed by atoms with van der Waals surface area (Å²) in [5.74, 6) is 2.00. The van der Waals surface area contributed by atoms with Crippen molar-refractivity contribution in [3.05, 3.63) is 24.0 Å². The predicted octanol–water partition coefficient (Wildman–Crippen LogP) is 1.85. The molecule has 2 atom stereocenters. The lowest BCUT2D eigenvalue weighted by Crippen LogP contribution is -2.21. The largest absolute Gasteiger partial charge is 0.370 e. The molecule has 0 amide bonds. The van der Waals surface area contributed by atoms with Gasteiger partial charge in [0.2, 0.25) is 0 Å². The summed E-state index contributed by atoms with van der Waals surface area (Å²) in [5.41, 5.74) is 2.57. The highest BCUT2D eigenvalue weighted by Crippen LogP contribution is 2.46. The fourth-order valence-electron chi connectivity index (χ4n) is 2.32. The molecule has 2 heterocycles. The quantitative estimate of drug-likeness (QED) is 0.646. The highest BCUT2D eigenvalue weighted by molar-refractivity contribution is 5.48. The van der Waals surface area contributed by atoms with E-state index in [1.54, 1.807) is 0 Å². The van der Waals surface area contributed by atoms with Crippen LogP contribution in [0.1, 0.15) is 12.0 Å². The van der Waals surface area contributed by atoms with E-state index < -0.39 is 0 Å². The second-order valence-electron chi connectivity index (χ2n) is 4.38. The lowest BCUT2D eigenvalue weighted by molar-refractivity contribution is 0.816. The Bertz CT molecular complexity index is 325. The molecular weight excluding hydrogens is 160 g/mol. The van der Waals surface area contributed by atoms with Gasteiger partial charge in [-0.3, -0.25) is 4.98 Å². The summed E-state index contributed by atoms with van der Waals surface area (Å²) in [4.78, 5) is 6.70. The zero-order valence-electron chi connectivity index (χ0n) is 7.90. The summed E-state index contributed by atoms with van der Waals surface area (Å²) in [6.07, 6.45) is 5.37. The number of aromatic nitrogens is 1. The zero-order valence-corrected chi connectivity index (χ0v) is 7.90. The van der Waals surface area contributed by atoms with Gasteiger partial charge in [-0.1, -0.05) is 0 Å². The van der Waals surface area contributed by atoms with Gasteiger partial charge in [0.1, 0.15) is 0 Å². The van der Waals surface area contributed by atoms with Gasteiger partial charge in [-0.05, 0) is 36.8 Å². The first-order valence-corrected chi connectivity index (χ1v) is 4.99. The lowest BCUT2D eigenvalue weighted by Gasteiger charge is -2.19. The molecule has 0 radical (unpaired) electrons. The van der Waals surface area contributed by atoms with Crippen molar-refractivity contribution in [1.82, 2.24) is 4.98 Å². The van der Waals surface area contributed by atoms with Crippen LogP contribution in [0.3, 0.4) is 0 Å². The van der Waals surface area contributed by atoms with Crippen molar-refractivity contribution in [2.24, 2.45) is 11.8 Å². The van der Waals surface area contributed by atoms with Crippen molar-refractivity contribution < 1.29 is 0 Å². The van der Waals surface area contributed by atoms with Gasteiger partial charge < -0.3 is 4.90 Å². The molecule has 3 rings (SSSR count). The Kier molecular flexibility index (Phi) is 1.40. The fourth-order valence-corrected chi connectivity index (χ4v) is 2.32. The first-order chi connectivity index (χ1) is 6.33. The second-order valence-corrected chi connectivity index (χ2v) is 4.38. The number of hydrogen-bond donors (Lipinski definition) is 0. The Morgan fingerprint density at radius 2 is 2.08 bits per heavy atom. The summed E-state index contributed by atoms with van der Waals surface area (Å²) in [6.45, 7) is 4.62. The Morgan fingerprint density at radius 1 is 1.31 bits per heavy atom. The Labute approximate surface area is 78.6 Å². The molecule has 2 nitrogen and oxygen atoms in total. The van der Waals surface area contributed by atoms with Gasteiger partial charge in [0.15, 0.2) is 0 Å². The van der Waals surface area contributed by atoms with Gasteiger partial charge in [-0.2, -0.15) is 0 Å². The SMILES string of the molecule is Cc1cncc(N2CC3CC3C2)c1. The van der Waals surface area contributed by atoms with Gasteiger partial charge in [-0.15, -0.1) is 0 Å². The van der Waals surface area contributed by atoms with E-state index in [-0.39, 0.29) is 0 Å². The molecule has 1 aromatic heterocycles. The number of rotatable bonds is 1. The number of nitrogens with zero attached hydrogens (tertiary/aromatic N) is 2.